The van der Waals surface area contributed by atoms with E-state index in [1.165, 1.54) is 48.5 Å². The number of carbonyl (C=O) groups excluding carboxylic acids is 2. The SMILES string of the molecule is CCOC(=O)c1ccc(NC(=O)N(c2ccccc2)C(F)(F)F)cc1. The zero-order chi connectivity index (χ0) is 18.4. The van der Waals surface area contributed by atoms with Gasteiger partial charge in [-0.3, -0.25) is 0 Å². The Balaban J connectivity index is 2.17. The number of hydrogen-bond donors (Lipinski definition) is 1. The Hall–Kier alpha value is -3.03. The van der Waals surface area contributed by atoms with Crippen molar-refractivity contribution in [1.29, 1.82) is 0 Å². The molecule has 0 bridgehead atoms. The van der Waals surface area contributed by atoms with E-state index in [4.69, 9.17) is 4.74 Å². The van der Waals surface area contributed by atoms with Gasteiger partial charge in [0.05, 0.1) is 17.9 Å². The predicted octanol–water partition coefficient (Wildman–Crippen LogP) is 4.42. The first kappa shape index (κ1) is 18.3. The standard InChI is InChI=1S/C17H15F3N2O3/c1-2-25-15(23)12-8-10-13(11-9-12)21-16(24)22(17(18,19)20)14-6-4-3-5-7-14/h3-11H,2H2,1H3,(H,21,24). The van der Waals surface area contributed by atoms with Crippen LogP contribution in [0, 0.1) is 0 Å². The Morgan fingerprint density at radius 3 is 2.16 bits per heavy atom. The normalized spacial score (nSPS) is 10.9. The van der Waals surface area contributed by atoms with Gasteiger partial charge in [0.1, 0.15) is 0 Å². The lowest BCUT2D eigenvalue weighted by molar-refractivity contribution is -0.120. The third-order valence-corrected chi connectivity index (χ3v) is 3.12. The van der Waals surface area contributed by atoms with Crippen LogP contribution in [0.4, 0.5) is 29.3 Å². The van der Waals surface area contributed by atoms with Gasteiger partial charge in [-0.15, -0.1) is 13.2 Å². The summed E-state index contributed by atoms with van der Waals surface area (Å²) < 4.78 is 44.5. The molecule has 5 nitrogen and oxygen atoms in total. The van der Waals surface area contributed by atoms with Crippen molar-refractivity contribution in [3.63, 3.8) is 0 Å². The van der Waals surface area contributed by atoms with Gasteiger partial charge in [-0.2, -0.15) is 0 Å². The van der Waals surface area contributed by atoms with Crippen molar-refractivity contribution in [2.75, 3.05) is 16.8 Å². The molecule has 0 aliphatic carbocycles. The van der Waals surface area contributed by atoms with E-state index in [0.717, 1.165) is 0 Å². The molecule has 0 heterocycles. The number of ether oxygens (including phenoxy) is 1. The molecule has 0 fully saturated rings. The van der Waals surface area contributed by atoms with E-state index in [9.17, 15) is 22.8 Å². The smallest absolute Gasteiger partial charge is 0.462 e. The van der Waals surface area contributed by atoms with Crippen LogP contribution in [0.3, 0.4) is 0 Å². The van der Waals surface area contributed by atoms with Gasteiger partial charge in [0.15, 0.2) is 0 Å². The molecule has 8 heteroatoms. The number of alkyl halides is 3. The topological polar surface area (TPSA) is 58.6 Å². The lowest BCUT2D eigenvalue weighted by Crippen LogP contribution is -2.45. The Kier molecular flexibility index (Phi) is 5.63. The molecular weight excluding hydrogens is 337 g/mol. The van der Waals surface area contributed by atoms with E-state index in [0.29, 0.717) is 0 Å². The summed E-state index contributed by atoms with van der Waals surface area (Å²) in [6.07, 6.45) is -4.89. The Bertz CT molecular complexity index is 731. The van der Waals surface area contributed by atoms with Crippen molar-refractivity contribution in [3.8, 4) is 0 Å². The molecule has 0 spiro atoms. The molecule has 0 saturated heterocycles. The first-order valence-electron chi connectivity index (χ1n) is 7.33. The van der Waals surface area contributed by atoms with Gasteiger partial charge in [0.2, 0.25) is 0 Å². The number of anilines is 2. The highest BCUT2D eigenvalue weighted by molar-refractivity contribution is 6.02. The van der Waals surface area contributed by atoms with Gasteiger partial charge in [-0.25, -0.2) is 14.5 Å². The van der Waals surface area contributed by atoms with Crippen LogP contribution in [0.5, 0.6) is 0 Å². The fraction of sp³-hybridized carbons (Fsp3) is 0.176. The summed E-state index contributed by atoms with van der Waals surface area (Å²) in [6, 6.07) is 10.7. The van der Waals surface area contributed by atoms with Crippen LogP contribution >= 0.6 is 0 Å². The summed E-state index contributed by atoms with van der Waals surface area (Å²) in [4.78, 5) is 23.3. The third kappa shape index (κ3) is 4.72. The molecule has 0 unspecified atom stereocenters. The Labute approximate surface area is 142 Å². The van der Waals surface area contributed by atoms with Crippen LogP contribution in [0.25, 0.3) is 0 Å². The number of halogens is 3. The lowest BCUT2D eigenvalue weighted by atomic mass is 10.2. The second-order valence-electron chi connectivity index (χ2n) is 4.87. The molecule has 2 amide bonds. The van der Waals surface area contributed by atoms with Gasteiger partial charge in [0, 0.05) is 5.69 Å². The number of para-hydroxylation sites is 1. The molecule has 2 aromatic carbocycles. The second kappa shape index (κ2) is 7.69. The highest BCUT2D eigenvalue weighted by Crippen LogP contribution is 2.29. The average Bonchev–Trinajstić information content (AvgIpc) is 2.55. The van der Waals surface area contributed by atoms with Crippen molar-refractivity contribution in [3.05, 3.63) is 60.2 Å². The zero-order valence-corrected chi connectivity index (χ0v) is 13.2. The van der Waals surface area contributed by atoms with Gasteiger partial charge in [-0.1, -0.05) is 18.2 Å². The minimum atomic E-state index is -4.89. The van der Waals surface area contributed by atoms with E-state index in [1.54, 1.807) is 13.0 Å². The number of amides is 2. The van der Waals surface area contributed by atoms with Crippen molar-refractivity contribution in [2.24, 2.45) is 0 Å². The monoisotopic (exact) mass is 352 g/mol. The number of nitrogens with one attached hydrogen (secondary N) is 1. The fourth-order valence-electron chi connectivity index (χ4n) is 2.04. The number of hydrogen-bond acceptors (Lipinski definition) is 3. The Morgan fingerprint density at radius 2 is 1.64 bits per heavy atom. The largest absolute Gasteiger partial charge is 0.493 e. The van der Waals surface area contributed by atoms with E-state index in [-0.39, 0.29) is 28.4 Å². The minimum Gasteiger partial charge on any atom is -0.462 e. The Morgan fingerprint density at radius 1 is 1.04 bits per heavy atom. The molecule has 2 aromatic rings. The van der Waals surface area contributed by atoms with E-state index in [1.807, 2.05) is 0 Å². The number of rotatable bonds is 4. The van der Waals surface area contributed by atoms with Crippen LogP contribution in [-0.4, -0.2) is 24.9 Å². The fourth-order valence-corrected chi connectivity index (χ4v) is 2.04. The summed E-state index contributed by atoms with van der Waals surface area (Å²) in [5.41, 5.74) is 0.0365. The van der Waals surface area contributed by atoms with E-state index in [2.05, 4.69) is 5.32 Å². The van der Waals surface area contributed by atoms with Gasteiger partial charge in [-0.05, 0) is 43.3 Å². The number of nitrogens with zero attached hydrogens (tertiary/aromatic N) is 1. The molecule has 0 radical (unpaired) electrons. The number of benzene rings is 2. The highest BCUT2D eigenvalue weighted by Gasteiger charge is 2.42. The number of esters is 1. The van der Waals surface area contributed by atoms with Gasteiger partial charge >= 0.3 is 18.3 Å². The van der Waals surface area contributed by atoms with Crippen LogP contribution in [-0.2, 0) is 4.74 Å². The maximum atomic E-state index is 13.2. The molecule has 0 aliphatic rings. The summed E-state index contributed by atoms with van der Waals surface area (Å²) in [5, 5.41) is 2.16. The molecule has 132 valence electrons. The third-order valence-electron chi connectivity index (χ3n) is 3.12. The van der Waals surface area contributed by atoms with Crippen molar-refractivity contribution < 1.29 is 27.5 Å². The molecule has 25 heavy (non-hydrogen) atoms. The summed E-state index contributed by atoms with van der Waals surface area (Å²) in [5.74, 6) is -0.554. The summed E-state index contributed by atoms with van der Waals surface area (Å²) >= 11 is 0. The lowest BCUT2D eigenvalue weighted by Gasteiger charge is -2.25. The molecule has 0 aromatic heterocycles. The highest BCUT2D eigenvalue weighted by atomic mass is 19.4. The molecule has 0 aliphatic heterocycles. The van der Waals surface area contributed by atoms with E-state index >= 15 is 0 Å². The molecule has 1 N–H and O–H groups in total. The maximum absolute atomic E-state index is 13.2. The van der Waals surface area contributed by atoms with Crippen molar-refractivity contribution in [2.45, 2.75) is 13.2 Å². The molecule has 2 rings (SSSR count). The van der Waals surface area contributed by atoms with Crippen molar-refractivity contribution >= 4 is 23.4 Å². The summed E-state index contributed by atoms with van der Waals surface area (Å²) in [6.45, 7) is 1.86. The van der Waals surface area contributed by atoms with Crippen LogP contribution in [0.15, 0.2) is 54.6 Å². The zero-order valence-electron chi connectivity index (χ0n) is 13.2. The summed E-state index contributed by atoms with van der Waals surface area (Å²) in [7, 11) is 0. The first-order chi connectivity index (χ1) is 11.8. The molecule has 0 saturated carbocycles. The van der Waals surface area contributed by atoms with Crippen LogP contribution in [0.1, 0.15) is 17.3 Å². The first-order valence-corrected chi connectivity index (χ1v) is 7.33. The van der Waals surface area contributed by atoms with Crippen LogP contribution in [0.2, 0.25) is 0 Å². The minimum absolute atomic E-state index is 0.114. The van der Waals surface area contributed by atoms with E-state index < -0.39 is 18.3 Å². The average molecular weight is 352 g/mol. The quantitative estimate of drug-likeness (QED) is 0.654. The number of urea groups is 1. The van der Waals surface area contributed by atoms with Crippen LogP contribution < -0.4 is 10.2 Å². The van der Waals surface area contributed by atoms with Crippen molar-refractivity contribution in [1.82, 2.24) is 0 Å². The second-order valence-corrected chi connectivity index (χ2v) is 4.87. The predicted molar refractivity (Wildman–Crippen MR) is 86.4 cm³/mol. The van der Waals surface area contributed by atoms with Gasteiger partial charge in [0.25, 0.3) is 0 Å². The molecule has 0 atom stereocenters. The molecular formula is C17H15F3N2O3. The van der Waals surface area contributed by atoms with Gasteiger partial charge < -0.3 is 10.1 Å². The number of carbonyl (C=O) groups is 2. The maximum Gasteiger partial charge on any atom is 0.493 e.